The highest BCUT2D eigenvalue weighted by atomic mass is 32.2. The molecule has 0 radical (unpaired) electrons. The summed E-state index contributed by atoms with van der Waals surface area (Å²) in [6.45, 7) is 3.89. The molecule has 2 aromatic rings. The Balaban J connectivity index is 1.52. The van der Waals surface area contributed by atoms with Gasteiger partial charge in [0.15, 0.2) is 0 Å². The van der Waals surface area contributed by atoms with Crippen LogP contribution in [0.4, 0.5) is 0 Å². The van der Waals surface area contributed by atoms with E-state index in [0.29, 0.717) is 42.6 Å². The molecule has 8 heteroatoms. The van der Waals surface area contributed by atoms with Gasteiger partial charge >= 0.3 is 0 Å². The Bertz CT molecular complexity index is 999. The largest absolute Gasteiger partial charge is 0.481 e. The number of carbonyl (C=O) groups is 1. The van der Waals surface area contributed by atoms with Crippen molar-refractivity contribution < 1.29 is 17.9 Å². The van der Waals surface area contributed by atoms with E-state index in [2.05, 4.69) is 18.2 Å². The molecule has 1 aromatic carbocycles. The first-order valence-corrected chi connectivity index (χ1v) is 12.2. The lowest BCUT2D eigenvalue weighted by Gasteiger charge is -2.28. The molecule has 1 aromatic heterocycles. The Hall–Kier alpha value is -2.34. The number of nitrogens with one attached hydrogen (secondary N) is 1. The van der Waals surface area contributed by atoms with E-state index < -0.39 is 10.0 Å². The Labute approximate surface area is 182 Å². The molecule has 30 heavy (non-hydrogen) atoms. The quantitative estimate of drug-likeness (QED) is 0.632. The topological polar surface area (TPSA) is 75.7 Å². The number of hydrogen-bond donors (Lipinski definition) is 1. The minimum Gasteiger partial charge on any atom is -0.481 e. The van der Waals surface area contributed by atoms with Crippen molar-refractivity contribution in [3.05, 3.63) is 46.8 Å². The van der Waals surface area contributed by atoms with Crippen LogP contribution < -0.4 is 10.1 Å². The molecule has 0 spiro atoms. The van der Waals surface area contributed by atoms with Crippen LogP contribution in [0.5, 0.6) is 5.75 Å². The number of carbonyl (C=O) groups excluding carboxylic acids is 1. The molecule has 0 aliphatic carbocycles. The normalized spacial score (nSPS) is 15.5. The first-order valence-electron chi connectivity index (χ1n) is 9.93. The van der Waals surface area contributed by atoms with Gasteiger partial charge in [-0.1, -0.05) is 25.0 Å². The third-order valence-corrected chi connectivity index (χ3v) is 8.54. The number of amides is 1. The van der Waals surface area contributed by atoms with Crippen LogP contribution in [0.2, 0.25) is 0 Å². The summed E-state index contributed by atoms with van der Waals surface area (Å²) < 4.78 is 32.7. The number of nitrogens with zero attached hydrogens (tertiary/aromatic N) is 1. The van der Waals surface area contributed by atoms with E-state index >= 15 is 0 Å². The molecule has 1 saturated heterocycles. The molecular weight excluding hydrogens is 420 g/mol. The van der Waals surface area contributed by atoms with Gasteiger partial charge < -0.3 is 10.1 Å². The molecule has 6 nitrogen and oxygen atoms in total. The summed E-state index contributed by atoms with van der Waals surface area (Å²) in [5.41, 5.74) is 1.05. The second-order valence-corrected chi connectivity index (χ2v) is 10.6. The van der Waals surface area contributed by atoms with Gasteiger partial charge in [0.25, 0.3) is 15.9 Å². The molecule has 1 aliphatic heterocycles. The summed E-state index contributed by atoms with van der Waals surface area (Å²) in [5, 5.41) is 2.85. The number of benzene rings is 1. The molecule has 2 heterocycles. The number of ether oxygens (including phenoxy) is 1. The van der Waals surface area contributed by atoms with E-state index in [0.717, 1.165) is 29.7 Å². The lowest BCUT2D eigenvalue weighted by Crippen LogP contribution is -2.37. The third-order valence-electron chi connectivity index (χ3n) is 5.09. The van der Waals surface area contributed by atoms with Crippen LogP contribution in [0, 0.1) is 18.3 Å². The molecule has 1 fully saturated rings. The number of terminal acetylenes is 1. The van der Waals surface area contributed by atoms with E-state index in [1.54, 1.807) is 6.07 Å². The number of rotatable bonds is 8. The van der Waals surface area contributed by atoms with E-state index in [-0.39, 0.29) is 16.7 Å². The Kier molecular flexibility index (Phi) is 7.53. The van der Waals surface area contributed by atoms with Crippen LogP contribution in [0.25, 0.3) is 0 Å². The number of hydrogen-bond acceptors (Lipinski definition) is 5. The van der Waals surface area contributed by atoms with Crippen molar-refractivity contribution in [2.75, 3.05) is 26.2 Å². The van der Waals surface area contributed by atoms with Crippen molar-refractivity contribution in [1.29, 1.82) is 0 Å². The van der Waals surface area contributed by atoms with Crippen molar-refractivity contribution in [2.24, 2.45) is 5.92 Å². The Morgan fingerprint density at radius 3 is 2.60 bits per heavy atom. The van der Waals surface area contributed by atoms with Gasteiger partial charge in [-0.05, 0) is 55.0 Å². The molecule has 0 atom stereocenters. The smallest absolute Gasteiger partial charge is 0.261 e. The molecule has 0 unspecified atom stereocenters. The SMILES string of the molecule is C#CCOc1ccc(CCNC(=O)c2ccc(S(=O)(=O)N3CCC(C)CC3)s2)cc1. The second kappa shape index (κ2) is 10.1. The fraction of sp³-hybridized carbons (Fsp3) is 0.409. The van der Waals surface area contributed by atoms with Crippen molar-refractivity contribution >= 4 is 27.3 Å². The molecule has 1 amide bonds. The summed E-state index contributed by atoms with van der Waals surface area (Å²) >= 11 is 1.02. The number of thiophene rings is 1. The number of piperidine rings is 1. The van der Waals surface area contributed by atoms with Crippen molar-refractivity contribution in [2.45, 2.75) is 30.4 Å². The van der Waals surface area contributed by atoms with Crippen molar-refractivity contribution in [3.8, 4) is 18.1 Å². The third kappa shape index (κ3) is 5.63. The van der Waals surface area contributed by atoms with Crippen molar-refractivity contribution in [1.82, 2.24) is 9.62 Å². The lowest BCUT2D eigenvalue weighted by atomic mass is 10.0. The molecule has 1 aliphatic rings. The average Bonchev–Trinajstić information content (AvgIpc) is 3.25. The predicted molar refractivity (Wildman–Crippen MR) is 118 cm³/mol. The highest BCUT2D eigenvalue weighted by molar-refractivity contribution is 7.91. The zero-order valence-corrected chi connectivity index (χ0v) is 18.6. The van der Waals surface area contributed by atoms with Gasteiger partial charge in [0.05, 0.1) is 4.88 Å². The molecule has 1 N–H and O–H groups in total. The zero-order valence-electron chi connectivity index (χ0n) is 17.0. The maximum atomic E-state index is 12.8. The highest BCUT2D eigenvalue weighted by Crippen LogP contribution is 2.28. The Morgan fingerprint density at radius 1 is 1.23 bits per heavy atom. The maximum absolute atomic E-state index is 12.8. The van der Waals surface area contributed by atoms with Gasteiger partial charge in [0.1, 0.15) is 16.6 Å². The van der Waals surface area contributed by atoms with Crippen LogP contribution in [0.15, 0.2) is 40.6 Å². The van der Waals surface area contributed by atoms with Crippen LogP contribution in [0.1, 0.15) is 35.0 Å². The van der Waals surface area contributed by atoms with Crippen LogP contribution in [-0.4, -0.2) is 44.9 Å². The van der Waals surface area contributed by atoms with Gasteiger partial charge in [-0.25, -0.2) is 8.42 Å². The Morgan fingerprint density at radius 2 is 1.93 bits per heavy atom. The van der Waals surface area contributed by atoms with E-state index in [1.165, 1.54) is 10.4 Å². The summed E-state index contributed by atoms with van der Waals surface area (Å²) in [5.74, 6) is 3.41. The highest BCUT2D eigenvalue weighted by Gasteiger charge is 2.29. The van der Waals surface area contributed by atoms with Gasteiger partial charge in [-0.3, -0.25) is 4.79 Å². The molecule has 3 rings (SSSR count). The summed E-state index contributed by atoms with van der Waals surface area (Å²) in [4.78, 5) is 12.8. The minimum atomic E-state index is -3.52. The average molecular weight is 447 g/mol. The number of sulfonamides is 1. The van der Waals surface area contributed by atoms with Crippen LogP contribution >= 0.6 is 11.3 Å². The lowest BCUT2D eigenvalue weighted by molar-refractivity contribution is 0.0958. The van der Waals surface area contributed by atoms with E-state index in [4.69, 9.17) is 11.2 Å². The summed E-state index contributed by atoms with van der Waals surface area (Å²) in [6, 6.07) is 10.6. The van der Waals surface area contributed by atoms with Crippen LogP contribution in [-0.2, 0) is 16.4 Å². The summed E-state index contributed by atoms with van der Waals surface area (Å²) in [6.07, 6.45) is 7.56. The monoisotopic (exact) mass is 446 g/mol. The second-order valence-electron chi connectivity index (χ2n) is 7.35. The van der Waals surface area contributed by atoms with Gasteiger partial charge in [0.2, 0.25) is 0 Å². The molecular formula is C22H26N2O4S2. The van der Waals surface area contributed by atoms with E-state index in [1.807, 2.05) is 24.3 Å². The first kappa shape index (κ1) is 22.3. The summed E-state index contributed by atoms with van der Waals surface area (Å²) in [7, 11) is -3.52. The molecule has 0 saturated carbocycles. The van der Waals surface area contributed by atoms with Gasteiger partial charge in [0, 0.05) is 19.6 Å². The molecule has 160 valence electrons. The first-order chi connectivity index (χ1) is 14.4. The predicted octanol–water partition coefficient (Wildman–Crippen LogP) is 3.15. The fourth-order valence-electron chi connectivity index (χ4n) is 3.22. The maximum Gasteiger partial charge on any atom is 0.261 e. The van der Waals surface area contributed by atoms with Crippen LogP contribution in [0.3, 0.4) is 0 Å². The molecule has 0 bridgehead atoms. The fourth-order valence-corrected chi connectivity index (χ4v) is 6.06. The van der Waals surface area contributed by atoms with Crippen molar-refractivity contribution in [3.63, 3.8) is 0 Å². The van der Waals surface area contributed by atoms with Gasteiger partial charge in [-0.2, -0.15) is 4.31 Å². The standard InChI is InChI=1S/C22H26N2O4S2/c1-3-16-28-19-6-4-18(5-7-19)10-13-23-22(25)20-8-9-21(29-20)30(26,27)24-14-11-17(2)12-15-24/h1,4-9,17H,10-16H2,2H3,(H,23,25). The minimum absolute atomic E-state index is 0.227. The van der Waals surface area contributed by atoms with E-state index in [9.17, 15) is 13.2 Å². The van der Waals surface area contributed by atoms with Gasteiger partial charge in [-0.15, -0.1) is 17.8 Å². The zero-order chi connectivity index (χ0) is 21.6.